The summed E-state index contributed by atoms with van der Waals surface area (Å²) in [7, 11) is -4.42. The van der Waals surface area contributed by atoms with Crippen molar-refractivity contribution in [1.82, 2.24) is 0 Å². The van der Waals surface area contributed by atoms with Gasteiger partial charge in [-0.1, -0.05) is 129 Å². The smallest absolute Gasteiger partial charge is 0.462 e. The molecule has 0 aliphatic heterocycles. The molecule has 1 unspecified atom stereocenters. The summed E-state index contributed by atoms with van der Waals surface area (Å²) < 4.78 is 32.6. The van der Waals surface area contributed by atoms with E-state index < -0.39 is 32.5 Å². The van der Waals surface area contributed by atoms with Crippen molar-refractivity contribution in [2.75, 3.05) is 26.4 Å². The van der Waals surface area contributed by atoms with E-state index in [9.17, 15) is 24.2 Å². The number of aliphatic hydroxyl groups excluding tert-OH is 1. The molecular weight excluding hydrogens is 753 g/mol. The summed E-state index contributed by atoms with van der Waals surface area (Å²) in [5, 5.41) is 9.27. The Balaban J connectivity index is 4.41. The molecule has 0 bridgehead atoms. The summed E-state index contributed by atoms with van der Waals surface area (Å²) in [4.78, 5) is 34.8. The number of aliphatic hydroxyl groups is 1. The number of carbonyl (C=O) groups is 2. The second-order valence-corrected chi connectivity index (χ2v) is 15.2. The van der Waals surface area contributed by atoms with Gasteiger partial charge >= 0.3 is 19.8 Å². The van der Waals surface area contributed by atoms with Crippen molar-refractivity contribution in [2.24, 2.45) is 5.73 Å². The second kappa shape index (κ2) is 41.8. The van der Waals surface area contributed by atoms with Crippen molar-refractivity contribution in [3.8, 4) is 0 Å². The van der Waals surface area contributed by atoms with Crippen LogP contribution in [0, 0.1) is 0 Å². The molecule has 0 aliphatic carbocycles. The number of phosphoric ester groups is 1. The third-order valence-corrected chi connectivity index (χ3v) is 9.15. The summed E-state index contributed by atoms with van der Waals surface area (Å²) in [5.74, 6) is -1.02. The van der Waals surface area contributed by atoms with E-state index in [4.69, 9.17) is 24.3 Å². The van der Waals surface area contributed by atoms with Crippen molar-refractivity contribution in [3.05, 3.63) is 109 Å². The van der Waals surface area contributed by atoms with Crippen LogP contribution in [0.5, 0.6) is 0 Å². The lowest BCUT2D eigenvalue weighted by Crippen LogP contribution is -2.29. The number of hydrogen-bond donors (Lipinski definition) is 3. The molecule has 0 aliphatic rings. The summed E-state index contributed by atoms with van der Waals surface area (Å²) in [6.07, 6.45) is 52.7. The predicted octanol–water partition coefficient (Wildman–Crippen LogP) is 11.4. The van der Waals surface area contributed by atoms with E-state index in [0.29, 0.717) is 19.3 Å². The first-order chi connectivity index (χ1) is 28.2. The summed E-state index contributed by atoms with van der Waals surface area (Å²) in [6.45, 7) is 3.06. The Kier molecular flexibility index (Phi) is 39.4. The zero-order valence-corrected chi connectivity index (χ0v) is 36.5. The summed E-state index contributed by atoms with van der Waals surface area (Å²) >= 11 is 0. The number of phosphoric acid groups is 1. The highest BCUT2D eigenvalue weighted by molar-refractivity contribution is 7.47. The second-order valence-electron chi connectivity index (χ2n) is 13.8. The molecule has 11 heteroatoms. The van der Waals surface area contributed by atoms with E-state index >= 15 is 0 Å². The molecule has 0 saturated heterocycles. The highest BCUT2D eigenvalue weighted by Gasteiger charge is 2.25. The number of rotatable bonds is 38. The number of ether oxygens (including phenoxy) is 2. The lowest BCUT2D eigenvalue weighted by molar-refractivity contribution is -0.161. The largest absolute Gasteiger partial charge is 0.472 e. The number of hydrogen-bond acceptors (Lipinski definition) is 9. The number of unbranched alkanes of at least 4 members (excludes halogenated alkanes) is 5. The van der Waals surface area contributed by atoms with Crippen LogP contribution >= 0.6 is 7.82 Å². The van der Waals surface area contributed by atoms with Crippen LogP contribution in [0.1, 0.15) is 136 Å². The maximum absolute atomic E-state index is 12.6. The van der Waals surface area contributed by atoms with E-state index in [1.54, 1.807) is 0 Å². The molecule has 0 aromatic heterocycles. The molecular formula is C47H76NO9P. The highest BCUT2D eigenvalue weighted by atomic mass is 31.2. The molecule has 0 spiro atoms. The van der Waals surface area contributed by atoms with Gasteiger partial charge in [0.2, 0.25) is 0 Å². The van der Waals surface area contributed by atoms with Gasteiger partial charge in [-0.15, -0.1) is 0 Å². The highest BCUT2D eigenvalue weighted by Crippen LogP contribution is 2.43. The van der Waals surface area contributed by atoms with Gasteiger partial charge in [0.15, 0.2) is 6.10 Å². The molecule has 0 amide bonds. The molecule has 0 rings (SSSR count). The van der Waals surface area contributed by atoms with E-state index in [2.05, 4.69) is 92.0 Å². The number of allylic oxidation sites excluding steroid dienone is 18. The standard InChI is InChI=1S/C47H76NO9P/c1-3-4-5-6-7-8-9-10-11-12-13-14-17-20-23-26-29-32-35-38-46(50)54-42-45(43-56-58(52,53)55-41-40-48)57-47(51)39-36-33-30-27-24-21-18-15-16-19-22-25-28-31-34-37-44(2)49/h7-8,10-11,13-14,16,18-21,23,25,27-30,32,44-45,49H,3-6,9,12,15,17,22,24,26,31,33-43,48H2,1-2H3,(H,52,53)/b8-7-,11-10-,14-13-,19-16-,21-18-,23-20-,28-25-,30-27-,32-29-/t44-,45+/m0/s1. The van der Waals surface area contributed by atoms with Gasteiger partial charge in [0.05, 0.1) is 19.3 Å². The topological polar surface area (TPSA) is 155 Å². The van der Waals surface area contributed by atoms with Gasteiger partial charge < -0.3 is 25.2 Å². The van der Waals surface area contributed by atoms with Crippen LogP contribution in [-0.2, 0) is 32.7 Å². The maximum Gasteiger partial charge on any atom is 0.472 e. The molecule has 0 heterocycles. The van der Waals surface area contributed by atoms with Crippen LogP contribution in [-0.4, -0.2) is 60.5 Å². The molecule has 0 fully saturated rings. The first-order valence-electron chi connectivity index (χ1n) is 21.4. The van der Waals surface area contributed by atoms with E-state index in [1.807, 2.05) is 31.2 Å². The van der Waals surface area contributed by atoms with Crippen molar-refractivity contribution in [2.45, 2.75) is 148 Å². The van der Waals surface area contributed by atoms with Gasteiger partial charge in [0, 0.05) is 19.4 Å². The summed E-state index contributed by atoms with van der Waals surface area (Å²) in [6, 6.07) is 0. The predicted molar refractivity (Wildman–Crippen MR) is 239 cm³/mol. The molecule has 10 nitrogen and oxygen atoms in total. The van der Waals surface area contributed by atoms with Crippen LogP contribution in [0.2, 0.25) is 0 Å². The van der Waals surface area contributed by atoms with Crippen LogP contribution in [0.15, 0.2) is 109 Å². The Morgan fingerprint density at radius 2 is 1.03 bits per heavy atom. The Labute approximate surface area is 351 Å². The fraction of sp³-hybridized carbons (Fsp3) is 0.574. The lowest BCUT2D eigenvalue weighted by atomic mass is 10.1. The minimum Gasteiger partial charge on any atom is -0.462 e. The van der Waals surface area contributed by atoms with Crippen molar-refractivity contribution in [1.29, 1.82) is 0 Å². The molecule has 58 heavy (non-hydrogen) atoms. The normalized spacial score (nSPS) is 14.9. The quantitative estimate of drug-likeness (QED) is 0.0237. The zero-order valence-electron chi connectivity index (χ0n) is 35.6. The molecule has 328 valence electrons. The third-order valence-electron chi connectivity index (χ3n) is 8.16. The Hall–Kier alpha value is -3.37. The Morgan fingerprint density at radius 3 is 1.50 bits per heavy atom. The fourth-order valence-electron chi connectivity index (χ4n) is 4.98. The van der Waals surface area contributed by atoms with E-state index in [-0.39, 0.29) is 38.7 Å². The molecule has 4 N–H and O–H groups in total. The van der Waals surface area contributed by atoms with Crippen LogP contribution in [0.25, 0.3) is 0 Å². The first kappa shape index (κ1) is 54.6. The van der Waals surface area contributed by atoms with Gasteiger partial charge in [0.25, 0.3) is 0 Å². The molecule has 0 aromatic rings. The zero-order chi connectivity index (χ0) is 42.6. The van der Waals surface area contributed by atoms with Crippen LogP contribution in [0.4, 0.5) is 0 Å². The average molecular weight is 830 g/mol. The molecule has 0 saturated carbocycles. The molecule has 0 aromatic carbocycles. The van der Waals surface area contributed by atoms with Gasteiger partial charge in [-0.2, -0.15) is 0 Å². The minimum atomic E-state index is -4.42. The minimum absolute atomic E-state index is 0.0236. The van der Waals surface area contributed by atoms with Gasteiger partial charge in [-0.3, -0.25) is 18.6 Å². The van der Waals surface area contributed by atoms with E-state index in [1.165, 1.54) is 25.7 Å². The van der Waals surface area contributed by atoms with Crippen molar-refractivity contribution >= 4 is 19.8 Å². The van der Waals surface area contributed by atoms with Crippen LogP contribution < -0.4 is 5.73 Å². The van der Waals surface area contributed by atoms with E-state index in [0.717, 1.165) is 64.2 Å². The third kappa shape index (κ3) is 42.2. The van der Waals surface area contributed by atoms with Gasteiger partial charge in [-0.05, 0) is 103 Å². The maximum atomic E-state index is 12.6. The molecule has 3 atom stereocenters. The Morgan fingerprint density at radius 1 is 0.586 bits per heavy atom. The van der Waals surface area contributed by atoms with Crippen molar-refractivity contribution < 1.29 is 42.7 Å². The number of nitrogens with two attached hydrogens (primary N) is 1. The van der Waals surface area contributed by atoms with Gasteiger partial charge in [-0.25, -0.2) is 4.57 Å². The number of carbonyl (C=O) groups excluding carboxylic acids is 2. The van der Waals surface area contributed by atoms with Crippen molar-refractivity contribution in [3.63, 3.8) is 0 Å². The fourth-order valence-corrected chi connectivity index (χ4v) is 5.74. The SMILES string of the molecule is CCCCC/C=C\C/C=C\C/C=C\C/C=C\C/C=C\CCC(=O)OC[C@H](COP(=O)(O)OCCN)OC(=O)CCC/C=C\C/C=C\C/C=C\C/C=C\CCC[C@H](C)O. The summed E-state index contributed by atoms with van der Waals surface area (Å²) in [5.41, 5.74) is 5.33. The van der Waals surface area contributed by atoms with Gasteiger partial charge in [0.1, 0.15) is 6.61 Å². The Bertz CT molecular complexity index is 1330. The average Bonchev–Trinajstić information content (AvgIpc) is 3.20. The number of esters is 2. The molecule has 0 radical (unpaired) electrons. The van der Waals surface area contributed by atoms with Crippen LogP contribution in [0.3, 0.4) is 0 Å². The monoisotopic (exact) mass is 830 g/mol. The lowest BCUT2D eigenvalue weighted by Gasteiger charge is -2.19. The first-order valence-corrected chi connectivity index (χ1v) is 22.9.